The highest BCUT2D eigenvalue weighted by molar-refractivity contribution is 6.04. The summed E-state index contributed by atoms with van der Waals surface area (Å²) in [6.45, 7) is 2.22. The van der Waals surface area contributed by atoms with Crippen molar-refractivity contribution in [2.45, 2.75) is 31.1 Å². The molecule has 1 saturated heterocycles. The first-order valence-electron chi connectivity index (χ1n) is 9.77. The minimum absolute atomic E-state index is 0.296. The summed E-state index contributed by atoms with van der Waals surface area (Å²) in [5.74, 6) is 0.374. The van der Waals surface area contributed by atoms with Crippen molar-refractivity contribution in [3.8, 4) is 5.69 Å². The quantitative estimate of drug-likeness (QED) is 0.751. The summed E-state index contributed by atoms with van der Waals surface area (Å²) in [6, 6.07) is 14.3. The van der Waals surface area contributed by atoms with Crippen molar-refractivity contribution in [2.24, 2.45) is 11.7 Å². The van der Waals surface area contributed by atoms with Crippen LogP contribution in [0.1, 0.15) is 41.6 Å². The van der Waals surface area contributed by atoms with Gasteiger partial charge in [0.1, 0.15) is 5.52 Å². The smallest absolute Gasteiger partial charge is 0.250 e. The van der Waals surface area contributed by atoms with E-state index < -0.39 is 5.91 Å². The van der Waals surface area contributed by atoms with Crippen LogP contribution in [0.2, 0.25) is 0 Å². The fourth-order valence-electron chi connectivity index (χ4n) is 4.72. The van der Waals surface area contributed by atoms with Crippen molar-refractivity contribution in [2.75, 3.05) is 13.1 Å². The fourth-order valence-corrected chi connectivity index (χ4v) is 4.72. The molecule has 1 aliphatic carbocycles. The van der Waals surface area contributed by atoms with Gasteiger partial charge in [-0.3, -0.25) is 4.79 Å². The topological polar surface area (TPSA) is 72.9 Å². The number of benzene rings is 2. The molecule has 1 amide bonds. The zero-order chi connectivity index (χ0) is 18.4. The number of nitrogens with one attached hydrogen (secondary N) is 1. The third kappa shape index (κ3) is 2.73. The molecular weight excluding hydrogens is 336 g/mol. The predicted molar refractivity (Wildman–Crippen MR) is 106 cm³/mol. The minimum Gasteiger partial charge on any atom is -0.366 e. The number of rotatable bonds is 4. The summed E-state index contributed by atoms with van der Waals surface area (Å²) in [7, 11) is 0. The Bertz CT molecular complexity index is 995. The molecule has 27 heavy (non-hydrogen) atoms. The van der Waals surface area contributed by atoms with Gasteiger partial charge in [-0.1, -0.05) is 24.3 Å². The van der Waals surface area contributed by atoms with Gasteiger partial charge in [-0.2, -0.15) is 5.10 Å². The van der Waals surface area contributed by atoms with Crippen LogP contribution in [0.15, 0.2) is 48.7 Å². The number of amides is 1. The second-order valence-corrected chi connectivity index (χ2v) is 7.94. The highest BCUT2D eigenvalue weighted by Crippen LogP contribution is 2.50. The second kappa shape index (κ2) is 6.20. The van der Waals surface area contributed by atoms with Gasteiger partial charge in [0.25, 0.3) is 5.91 Å². The molecule has 5 rings (SSSR count). The van der Waals surface area contributed by atoms with Crippen LogP contribution in [0.5, 0.6) is 0 Å². The molecule has 1 saturated carbocycles. The van der Waals surface area contributed by atoms with Crippen molar-refractivity contribution < 1.29 is 4.79 Å². The van der Waals surface area contributed by atoms with E-state index in [2.05, 4.69) is 34.7 Å². The standard InChI is InChI=1S/C22H24N4O/c23-21(27)19-4-1-3-15-13-26(25-20(15)19)18-9-7-17(8-10-18)22(16-5-6-16)11-2-12-24-14-22/h1,3-4,7-10,13,16,24H,2,5-6,11-12,14H2,(H2,23,27)/t22-/m1/s1. The average molecular weight is 360 g/mol. The molecular formula is C22H24N4O. The summed E-state index contributed by atoms with van der Waals surface area (Å²) in [4.78, 5) is 11.7. The lowest BCUT2D eigenvalue weighted by molar-refractivity contribution is 0.100. The Kier molecular flexibility index (Phi) is 3.79. The Morgan fingerprint density at radius 2 is 2.00 bits per heavy atom. The lowest BCUT2D eigenvalue weighted by atomic mass is 9.71. The van der Waals surface area contributed by atoms with Crippen LogP contribution in [0.3, 0.4) is 0 Å². The van der Waals surface area contributed by atoms with Gasteiger partial charge in [0.15, 0.2) is 0 Å². The fraction of sp³-hybridized carbons (Fsp3) is 0.364. The monoisotopic (exact) mass is 360 g/mol. The Morgan fingerprint density at radius 1 is 1.19 bits per heavy atom. The van der Waals surface area contributed by atoms with Crippen molar-refractivity contribution in [3.63, 3.8) is 0 Å². The van der Waals surface area contributed by atoms with Gasteiger partial charge in [0.05, 0.1) is 11.3 Å². The molecule has 0 spiro atoms. The number of primary amides is 1. The number of nitrogens with two attached hydrogens (primary N) is 1. The number of hydrogen-bond acceptors (Lipinski definition) is 3. The minimum atomic E-state index is -0.447. The Balaban J connectivity index is 1.51. The van der Waals surface area contributed by atoms with Crippen LogP contribution in [0, 0.1) is 5.92 Å². The number of carbonyl (C=O) groups is 1. The van der Waals surface area contributed by atoms with E-state index in [1.165, 1.54) is 31.2 Å². The van der Waals surface area contributed by atoms with E-state index in [9.17, 15) is 4.79 Å². The molecule has 0 radical (unpaired) electrons. The van der Waals surface area contributed by atoms with Gasteiger partial charge in [-0.15, -0.1) is 0 Å². The molecule has 0 bridgehead atoms. The largest absolute Gasteiger partial charge is 0.366 e. The van der Waals surface area contributed by atoms with Gasteiger partial charge in [-0.25, -0.2) is 4.68 Å². The molecule has 2 aliphatic rings. The highest BCUT2D eigenvalue weighted by atomic mass is 16.1. The number of aromatic nitrogens is 2. The third-order valence-electron chi connectivity index (χ3n) is 6.28. The Labute approximate surface area is 158 Å². The molecule has 2 heterocycles. The maximum absolute atomic E-state index is 11.7. The zero-order valence-corrected chi connectivity index (χ0v) is 15.3. The first kappa shape index (κ1) is 16.5. The number of fused-ring (bicyclic) bond motifs is 1. The molecule has 2 aromatic carbocycles. The summed E-state index contributed by atoms with van der Waals surface area (Å²) < 4.78 is 1.84. The van der Waals surface area contributed by atoms with Crippen molar-refractivity contribution in [1.29, 1.82) is 0 Å². The normalized spacial score (nSPS) is 22.8. The van der Waals surface area contributed by atoms with Crippen molar-refractivity contribution in [3.05, 3.63) is 59.8 Å². The zero-order valence-electron chi connectivity index (χ0n) is 15.3. The summed E-state index contributed by atoms with van der Waals surface area (Å²) in [5, 5.41) is 9.15. The number of piperidine rings is 1. The van der Waals surface area contributed by atoms with E-state index in [0.29, 0.717) is 16.5 Å². The molecule has 3 N–H and O–H groups in total. The maximum atomic E-state index is 11.7. The third-order valence-corrected chi connectivity index (χ3v) is 6.28. The van der Waals surface area contributed by atoms with Gasteiger partial charge in [-0.05, 0) is 61.9 Å². The lowest BCUT2D eigenvalue weighted by Crippen LogP contribution is -2.45. The van der Waals surface area contributed by atoms with Crippen LogP contribution in [-0.4, -0.2) is 28.8 Å². The van der Waals surface area contributed by atoms with Crippen LogP contribution in [-0.2, 0) is 5.41 Å². The number of hydrogen-bond donors (Lipinski definition) is 2. The van der Waals surface area contributed by atoms with Gasteiger partial charge in [0, 0.05) is 23.5 Å². The van der Waals surface area contributed by atoms with E-state index in [1.54, 1.807) is 6.07 Å². The molecule has 5 nitrogen and oxygen atoms in total. The van der Waals surface area contributed by atoms with Crippen molar-refractivity contribution in [1.82, 2.24) is 15.1 Å². The van der Waals surface area contributed by atoms with Crippen molar-refractivity contribution >= 4 is 16.8 Å². The molecule has 1 aromatic heterocycles. The van der Waals surface area contributed by atoms with Crippen LogP contribution in [0.4, 0.5) is 0 Å². The number of nitrogens with zero attached hydrogens (tertiary/aromatic N) is 2. The molecule has 5 heteroatoms. The first-order valence-corrected chi connectivity index (χ1v) is 9.77. The molecule has 2 fully saturated rings. The van der Waals surface area contributed by atoms with E-state index in [-0.39, 0.29) is 0 Å². The predicted octanol–water partition coefficient (Wildman–Crippen LogP) is 3.16. The van der Waals surface area contributed by atoms with E-state index in [1.807, 2.05) is 23.0 Å². The summed E-state index contributed by atoms with van der Waals surface area (Å²) >= 11 is 0. The van der Waals surface area contributed by atoms with Crippen LogP contribution >= 0.6 is 0 Å². The summed E-state index contributed by atoms with van der Waals surface area (Å²) in [6.07, 6.45) is 7.18. The molecule has 138 valence electrons. The maximum Gasteiger partial charge on any atom is 0.250 e. The SMILES string of the molecule is NC(=O)c1cccc2cn(-c3ccc([C@]4(C5CC5)CCCNC4)cc3)nc12. The Hall–Kier alpha value is -2.66. The van der Waals surface area contributed by atoms with Crippen LogP contribution < -0.4 is 11.1 Å². The average Bonchev–Trinajstić information content (AvgIpc) is 3.47. The lowest BCUT2D eigenvalue weighted by Gasteiger charge is -2.39. The van der Waals surface area contributed by atoms with E-state index in [0.717, 1.165) is 30.1 Å². The van der Waals surface area contributed by atoms with E-state index in [4.69, 9.17) is 5.73 Å². The molecule has 3 aromatic rings. The van der Waals surface area contributed by atoms with Gasteiger partial charge < -0.3 is 11.1 Å². The van der Waals surface area contributed by atoms with Gasteiger partial charge >= 0.3 is 0 Å². The number of carbonyl (C=O) groups excluding carboxylic acids is 1. The molecule has 1 atom stereocenters. The molecule has 0 unspecified atom stereocenters. The second-order valence-electron chi connectivity index (χ2n) is 7.94. The Morgan fingerprint density at radius 3 is 2.67 bits per heavy atom. The van der Waals surface area contributed by atoms with Crippen LogP contribution in [0.25, 0.3) is 16.6 Å². The highest BCUT2D eigenvalue weighted by Gasteiger charge is 2.46. The van der Waals surface area contributed by atoms with E-state index >= 15 is 0 Å². The van der Waals surface area contributed by atoms with Gasteiger partial charge in [0.2, 0.25) is 0 Å². The summed E-state index contributed by atoms with van der Waals surface area (Å²) in [5.41, 5.74) is 9.34. The molecule has 1 aliphatic heterocycles. The first-order chi connectivity index (χ1) is 13.2.